The Balaban J connectivity index is 1.95. The fraction of sp³-hybridized carbons (Fsp3) is 0.235. The molecule has 3 aromatic rings. The van der Waals surface area contributed by atoms with Crippen molar-refractivity contribution in [2.45, 2.75) is 26.8 Å². The lowest BCUT2D eigenvalue weighted by atomic mass is 10.1. The highest BCUT2D eigenvalue weighted by Crippen LogP contribution is 2.31. The van der Waals surface area contributed by atoms with Crippen molar-refractivity contribution in [1.29, 1.82) is 0 Å². The van der Waals surface area contributed by atoms with Gasteiger partial charge in [-0.05, 0) is 39.0 Å². The van der Waals surface area contributed by atoms with Crippen molar-refractivity contribution in [1.82, 2.24) is 4.98 Å². The molecule has 0 saturated heterocycles. The summed E-state index contributed by atoms with van der Waals surface area (Å²) in [5.41, 5.74) is 4.17. The van der Waals surface area contributed by atoms with Crippen LogP contribution in [0.3, 0.4) is 0 Å². The zero-order valence-corrected chi connectivity index (χ0v) is 12.0. The summed E-state index contributed by atoms with van der Waals surface area (Å²) in [6.07, 6.45) is 1.80. The molecule has 0 aliphatic rings. The van der Waals surface area contributed by atoms with Gasteiger partial charge in [-0.3, -0.25) is 4.98 Å². The number of hydrogen-bond donors (Lipinski definition) is 1. The molecular weight excluding hydrogens is 248 g/mol. The van der Waals surface area contributed by atoms with Crippen LogP contribution < -0.4 is 5.32 Å². The Morgan fingerprint density at radius 3 is 2.65 bits per heavy atom. The van der Waals surface area contributed by atoms with E-state index in [9.17, 15) is 0 Å². The average Bonchev–Trinajstić information content (AvgIpc) is 2.79. The highest BCUT2D eigenvalue weighted by atomic mass is 16.3. The third-order valence-corrected chi connectivity index (χ3v) is 3.65. The third-order valence-electron chi connectivity index (χ3n) is 3.65. The molecule has 0 aliphatic carbocycles. The summed E-state index contributed by atoms with van der Waals surface area (Å²) < 4.78 is 5.99. The maximum absolute atomic E-state index is 5.99. The second-order valence-corrected chi connectivity index (χ2v) is 5.09. The Kier molecular flexibility index (Phi) is 3.18. The van der Waals surface area contributed by atoms with Gasteiger partial charge in [-0.25, -0.2) is 0 Å². The Labute approximate surface area is 118 Å². The van der Waals surface area contributed by atoms with Crippen molar-refractivity contribution in [3.63, 3.8) is 0 Å². The monoisotopic (exact) mass is 266 g/mol. The lowest BCUT2D eigenvalue weighted by molar-refractivity contribution is 0.522. The van der Waals surface area contributed by atoms with E-state index in [1.54, 1.807) is 6.20 Å². The van der Waals surface area contributed by atoms with E-state index in [-0.39, 0.29) is 6.04 Å². The molecule has 3 heteroatoms. The molecule has 0 fully saturated rings. The van der Waals surface area contributed by atoms with Crippen LogP contribution in [0.15, 0.2) is 47.0 Å². The van der Waals surface area contributed by atoms with E-state index in [2.05, 4.69) is 30.2 Å². The van der Waals surface area contributed by atoms with E-state index in [1.807, 2.05) is 37.3 Å². The van der Waals surface area contributed by atoms with E-state index in [1.165, 1.54) is 10.9 Å². The van der Waals surface area contributed by atoms with Crippen LogP contribution in [-0.4, -0.2) is 4.98 Å². The van der Waals surface area contributed by atoms with Gasteiger partial charge >= 0.3 is 0 Å². The number of fused-ring (bicyclic) bond motifs is 1. The molecule has 3 rings (SSSR count). The van der Waals surface area contributed by atoms with Gasteiger partial charge < -0.3 is 9.73 Å². The minimum atomic E-state index is 0.102. The van der Waals surface area contributed by atoms with Crippen molar-refractivity contribution < 1.29 is 4.42 Å². The van der Waals surface area contributed by atoms with Gasteiger partial charge in [0.1, 0.15) is 11.3 Å². The highest BCUT2D eigenvalue weighted by molar-refractivity contribution is 5.82. The summed E-state index contributed by atoms with van der Waals surface area (Å²) in [7, 11) is 0. The van der Waals surface area contributed by atoms with Gasteiger partial charge in [0.25, 0.3) is 0 Å². The molecule has 20 heavy (non-hydrogen) atoms. The van der Waals surface area contributed by atoms with Crippen molar-refractivity contribution in [3.8, 4) is 0 Å². The normalized spacial score (nSPS) is 12.6. The Morgan fingerprint density at radius 2 is 1.90 bits per heavy atom. The molecular formula is C17H18N2O. The maximum Gasteiger partial charge on any atom is 0.134 e. The quantitative estimate of drug-likeness (QED) is 0.751. The SMILES string of the molecule is Cc1ncccc1NC(C)c1oc2ccccc2c1C. The Hall–Kier alpha value is -2.29. The van der Waals surface area contributed by atoms with E-state index in [0.717, 1.165) is 22.7 Å². The minimum absolute atomic E-state index is 0.102. The van der Waals surface area contributed by atoms with E-state index >= 15 is 0 Å². The van der Waals surface area contributed by atoms with Crippen LogP contribution in [0.1, 0.15) is 30.0 Å². The summed E-state index contributed by atoms with van der Waals surface area (Å²) in [5.74, 6) is 0.981. The summed E-state index contributed by atoms with van der Waals surface area (Å²) in [4.78, 5) is 4.30. The summed E-state index contributed by atoms with van der Waals surface area (Å²) in [6, 6.07) is 12.2. The molecule has 1 N–H and O–H groups in total. The molecule has 1 aromatic carbocycles. The predicted molar refractivity (Wildman–Crippen MR) is 82.0 cm³/mol. The van der Waals surface area contributed by atoms with Crippen LogP contribution >= 0.6 is 0 Å². The average molecular weight is 266 g/mol. The Bertz CT molecular complexity index is 746. The van der Waals surface area contributed by atoms with Gasteiger partial charge in [-0.15, -0.1) is 0 Å². The first-order chi connectivity index (χ1) is 9.66. The summed E-state index contributed by atoms with van der Waals surface area (Å²) in [6.45, 7) is 6.22. The van der Waals surface area contributed by atoms with E-state index in [4.69, 9.17) is 4.42 Å². The number of furan rings is 1. The van der Waals surface area contributed by atoms with Gasteiger partial charge in [0.15, 0.2) is 0 Å². The molecule has 0 amide bonds. The lowest BCUT2D eigenvalue weighted by Crippen LogP contribution is -2.08. The predicted octanol–water partition coefficient (Wildman–Crippen LogP) is 4.62. The molecule has 1 unspecified atom stereocenters. The number of nitrogens with one attached hydrogen (secondary N) is 1. The number of hydrogen-bond acceptors (Lipinski definition) is 3. The van der Waals surface area contributed by atoms with Crippen molar-refractivity contribution in [3.05, 3.63) is 59.6 Å². The minimum Gasteiger partial charge on any atom is -0.459 e. The molecule has 3 nitrogen and oxygen atoms in total. The van der Waals surface area contributed by atoms with E-state index in [0.29, 0.717) is 0 Å². The standard InChI is InChI=1S/C17H18N2O/c1-11-14-7-4-5-9-16(14)20-17(11)13(3)19-15-8-6-10-18-12(15)2/h4-10,13,19H,1-3H3. The Morgan fingerprint density at radius 1 is 1.10 bits per heavy atom. The van der Waals surface area contributed by atoms with Crippen molar-refractivity contribution in [2.24, 2.45) is 0 Å². The second kappa shape index (κ2) is 5.00. The summed E-state index contributed by atoms with van der Waals surface area (Å²) in [5, 5.41) is 4.65. The number of pyridine rings is 1. The maximum atomic E-state index is 5.99. The van der Waals surface area contributed by atoms with Gasteiger partial charge in [0.05, 0.1) is 17.4 Å². The van der Waals surface area contributed by atoms with Crippen LogP contribution in [0.2, 0.25) is 0 Å². The zero-order chi connectivity index (χ0) is 14.1. The van der Waals surface area contributed by atoms with Gasteiger partial charge in [0, 0.05) is 17.1 Å². The molecule has 2 aromatic heterocycles. The molecule has 0 radical (unpaired) electrons. The number of nitrogens with zero attached hydrogens (tertiary/aromatic N) is 1. The van der Waals surface area contributed by atoms with Crippen LogP contribution in [0, 0.1) is 13.8 Å². The van der Waals surface area contributed by atoms with Crippen LogP contribution in [0.4, 0.5) is 5.69 Å². The van der Waals surface area contributed by atoms with Gasteiger partial charge in [0.2, 0.25) is 0 Å². The first kappa shape index (κ1) is 12.7. The molecule has 0 aliphatic heterocycles. The smallest absolute Gasteiger partial charge is 0.134 e. The van der Waals surface area contributed by atoms with E-state index < -0.39 is 0 Å². The van der Waals surface area contributed by atoms with Crippen LogP contribution in [-0.2, 0) is 0 Å². The van der Waals surface area contributed by atoms with Gasteiger partial charge in [-0.1, -0.05) is 18.2 Å². The second-order valence-electron chi connectivity index (χ2n) is 5.09. The molecule has 2 heterocycles. The van der Waals surface area contributed by atoms with Crippen LogP contribution in [0.25, 0.3) is 11.0 Å². The number of aromatic nitrogens is 1. The van der Waals surface area contributed by atoms with Gasteiger partial charge in [-0.2, -0.15) is 0 Å². The van der Waals surface area contributed by atoms with Crippen molar-refractivity contribution >= 4 is 16.7 Å². The number of rotatable bonds is 3. The molecule has 0 spiro atoms. The first-order valence-corrected chi connectivity index (χ1v) is 6.83. The largest absolute Gasteiger partial charge is 0.459 e. The number of anilines is 1. The number of para-hydroxylation sites is 1. The molecule has 102 valence electrons. The highest BCUT2D eigenvalue weighted by Gasteiger charge is 2.16. The lowest BCUT2D eigenvalue weighted by Gasteiger charge is -2.15. The zero-order valence-electron chi connectivity index (χ0n) is 12.0. The van der Waals surface area contributed by atoms with Crippen molar-refractivity contribution in [2.75, 3.05) is 5.32 Å². The van der Waals surface area contributed by atoms with Crippen LogP contribution in [0.5, 0.6) is 0 Å². The topological polar surface area (TPSA) is 38.1 Å². The molecule has 0 saturated carbocycles. The fourth-order valence-corrected chi connectivity index (χ4v) is 2.54. The number of benzene rings is 1. The molecule has 0 bridgehead atoms. The number of aryl methyl sites for hydroxylation is 2. The fourth-order valence-electron chi connectivity index (χ4n) is 2.54. The third kappa shape index (κ3) is 2.16. The molecule has 1 atom stereocenters. The summed E-state index contributed by atoms with van der Waals surface area (Å²) >= 11 is 0. The first-order valence-electron chi connectivity index (χ1n) is 6.83.